The fraction of sp³-hybridized carbons (Fsp3) is 0.600. The first kappa shape index (κ1) is 14.0. The van der Waals surface area contributed by atoms with E-state index in [9.17, 15) is 5.11 Å². The normalized spacial score (nSPS) is 33.3. The van der Waals surface area contributed by atoms with Crippen molar-refractivity contribution in [2.45, 2.75) is 44.6 Å². The van der Waals surface area contributed by atoms with Crippen LogP contribution in [0.25, 0.3) is 0 Å². The molecule has 2 aliphatic carbocycles. The van der Waals surface area contributed by atoms with Crippen molar-refractivity contribution in [3.8, 4) is 5.75 Å². The quantitative estimate of drug-likeness (QED) is 0.604. The summed E-state index contributed by atoms with van der Waals surface area (Å²) < 4.78 is 5.28. The Balaban J connectivity index is 0.00000120. The van der Waals surface area contributed by atoms with Crippen LogP contribution >= 0.6 is 0 Å². The number of methoxy groups -OCH3 is 1. The molecule has 0 amide bonds. The molecule has 0 saturated heterocycles. The van der Waals surface area contributed by atoms with Crippen LogP contribution in [0.3, 0.4) is 0 Å². The van der Waals surface area contributed by atoms with Gasteiger partial charge in [0.25, 0.3) is 0 Å². The molecule has 0 aliphatic heterocycles. The molecule has 92 valence electrons. The van der Waals surface area contributed by atoms with Crippen molar-refractivity contribution < 1.29 is 28.7 Å². The van der Waals surface area contributed by atoms with Gasteiger partial charge in [-0.15, -0.1) is 6.10 Å². The van der Waals surface area contributed by atoms with Gasteiger partial charge in [0, 0.05) is 0 Å². The maximum absolute atomic E-state index is 12.1. The molecule has 3 rings (SSSR count). The van der Waals surface area contributed by atoms with E-state index in [1.807, 2.05) is 6.07 Å². The molecule has 0 heterocycles. The summed E-state index contributed by atoms with van der Waals surface area (Å²) in [4.78, 5) is 0. The minimum Gasteiger partial charge on any atom is -0.852 e. The Bertz CT molecular complexity index is 446. The van der Waals surface area contributed by atoms with Crippen LogP contribution in [0.1, 0.15) is 43.2 Å². The fourth-order valence-corrected chi connectivity index (χ4v) is 3.72. The minimum absolute atomic E-state index is 0. The van der Waals surface area contributed by atoms with Crippen molar-refractivity contribution in [2.24, 2.45) is 5.41 Å². The first-order valence-corrected chi connectivity index (χ1v) is 6.48. The van der Waals surface area contributed by atoms with Crippen LogP contribution in [-0.4, -0.2) is 13.2 Å². The monoisotopic (exact) mass is 238 g/mol. The van der Waals surface area contributed by atoms with Crippen molar-refractivity contribution >= 4 is 0 Å². The number of benzene rings is 1. The molecular formula is C15H19LiO2. The predicted octanol–water partition coefficient (Wildman–Crippen LogP) is -0.742. The molecule has 0 aromatic heterocycles. The number of hydrogen-bond donors (Lipinski definition) is 0. The number of ether oxygens (including phenoxy) is 1. The van der Waals surface area contributed by atoms with Gasteiger partial charge in [-0.05, 0) is 53.9 Å². The van der Waals surface area contributed by atoms with Crippen LogP contribution in [0.2, 0.25) is 0 Å². The molecule has 0 spiro atoms. The third kappa shape index (κ3) is 1.91. The Morgan fingerprint density at radius 1 is 1.33 bits per heavy atom. The summed E-state index contributed by atoms with van der Waals surface area (Å²) in [7, 11) is 1.71. The second kappa shape index (κ2) is 4.93. The predicted molar refractivity (Wildman–Crippen MR) is 65.2 cm³/mol. The van der Waals surface area contributed by atoms with E-state index in [2.05, 4.69) is 19.1 Å². The number of hydrogen-bond acceptors (Lipinski definition) is 2. The third-order valence-electron chi connectivity index (χ3n) is 4.91. The average molecular weight is 238 g/mol. The minimum atomic E-state index is -0.372. The molecule has 1 fully saturated rings. The molecule has 1 aromatic rings. The molecule has 0 radical (unpaired) electrons. The molecule has 2 nitrogen and oxygen atoms in total. The van der Waals surface area contributed by atoms with Gasteiger partial charge in [0.05, 0.1) is 7.11 Å². The number of fused-ring (bicyclic) bond motifs is 3. The molecular weight excluding hydrogens is 219 g/mol. The van der Waals surface area contributed by atoms with E-state index in [0.29, 0.717) is 5.92 Å². The van der Waals surface area contributed by atoms with E-state index >= 15 is 0 Å². The molecule has 1 aromatic carbocycles. The topological polar surface area (TPSA) is 32.3 Å². The van der Waals surface area contributed by atoms with Crippen molar-refractivity contribution in [3.05, 3.63) is 29.3 Å². The summed E-state index contributed by atoms with van der Waals surface area (Å²) in [6, 6.07) is 6.35. The van der Waals surface area contributed by atoms with Crippen molar-refractivity contribution in [3.63, 3.8) is 0 Å². The van der Waals surface area contributed by atoms with Gasteiger partial charge in [-0.25, -0.2) is 0 Å². The van der Waals surface area contributed by atoms with E-state index < -0.39 is 0 Å². The fourth-order valence-electron chi connectivity index (χ4n) is 3.72. The summed E-state index contributed by atoms with van der Waals surface area (Å²) in [5.74, 6) is 1.41. The van der Waals surface area contributed by atoms with Crippen LogP contribution in [0.4, 0.5) is 0 Å². The van der Waals surface area contributed by atoms with Crippen LogP contribution < -0.4 is 28.7 Å². The summed E-state index contributed by atoms with van der Waals surface area (Å²) in [6.45, 7) is 2.19. The third-order valence-corrected chi connectivity index (χ3v) is 4.91. The smallest absolute Gasteiger partial charge is 0.852 e. The Morgan fingerprint density at radius 3 is 2.83 bits per heavy atom. The second-order valence-electron chi connectivity index (χ2n) is 5.69. The Morgan fingerprint density at radius 2 is 2.11 bits per heavy atom. The van der Waals surface area contributed by atoms with Gasteiger partial charge in [0.15, 0.2) is 0 Å². The molecule has 1 saturated carbocycles. The largest absolute Gasteiger partial charge is 1.00 e. The van der Waals surface area contributed by atoms with Crippen LogP contribution in [0.15, 0.2) is 18.2 Å². The molecule has 3 atom stereocenters. The first-order valence-electron chi connectivity index (χ1n) is 6.48. The second-order valence-corrected chi connectivity index (χ2v) is 5.69. The summed E-state index contributed by atoms with van der Waals surface area (Å²) in [5.41, 5.74) is 2.78. The van der Waals surface area contributed by atoms with E-state index in [1.165, 1.54) is 11.1 Å². The van der Waals surface area contributed by atoms with Crippen molar-refractivity contribution in [1.82, 2.24) is 0 Å². The summed E-state index contributed by atoms with van der Waals surface area (Å²) >= 11 is 0. The first-order chi connectivity index (χ1) is 8.15. The summed E-state index contributed by atoms with van der Waals surface area (Å²) in [6.07, 6.45) is 3.59. The zero-order valence-corrected chi connectivity index (χ0v) is 11.5. The van der Waals surface area contributed by atoms with E-state index in [4.69, 9.17) is 4.74 Å². The maximum Gasteiger partial charge on any atom is 1.00 e. The van der Waals surface area contributed by atoms with Gasteiger partial charge in [-0.3, -0.25) is 0 Å². The van der Waals surface area contributed by atoms with Gasteiger partial charge in [-0.1, -0.05) is 19.4 Å². The van der Waals surface area contributed by atoms with Gasteiger partial charge >= 0.3 is 18.9 Å². The van der Waals surface area contributed by atoms with Crippen LogP contribution in [0.5, 0.6) is 5.75 Å². The molecule has 3 heteroatoms. The Labute approximate surface area is 121 Å². The van der Waals surface area contributed by atoms with E-state index in [0.717, 1.165) is 31.4 Å². The number of rotatable bonds is 1. The summed E-state index contributed by atoms with van der Waals surface area (Å²) in [5, 5.41) is 12.1. The van der Waals surface area contributed by atoms with Gasteiger partial charge in [0.2, 0.25) is 0 Å². The van der Waals surface area contributed by atoms with Crippen molar-refractivity contribution in [1.29, 1.82) is 0 Å². The zero-order chi connectivity index (χ0) is 12.0. The standard InChI is InChI=1S/C15H19O2.Li/c1-15-8-7-10-9-11(17-2)3-4-12(10)13(15)5-6-14(15)16;/h3-4,9,13-14H,5-8H2,1-2H3;/q-1;+1/t13-,14+,15+;/m1./s1. The Kier molecular flexibility index (Phi) is 3.83. The Hall–Kier alpha value is -0.423. The average Bonchev–Trinajstić information content (AvgIpc) is 2.65. The molecule has 0 N–H and O–H groups in total. The van der Waals surface area contributed by atoms with Crippen LogP contribution in [0, 0.1) is 5.41 Å². The zero-order valence-electron chi connectivity index (χ0n) is 11.5. The van der Waals surface area contributed by atoms with Gasteiger partial charge < -0.3 is 9.84 Å². The van der Waals surface area contributed by atoms with E-state index in [-0.39, 0.29) is 30.4 Å². The van der Waals surface area contributed by atoms with Crippen molar-refractivity contribution in [2.75, 3.05) is 7.11 Å². The molecule has 0 bridgehead atoms. The SMILES string of the molecule is COc1ccc2c(c1)CC[C@@]1(C)[C@@H]2CC[C@@H]1[O-].[Li+]. The van der Waals surface area contributed by atoms with Gasteiger partial charge in [-0.2, -0.15) is 0 Å². The van der Waals surface area contributed by atoms with Crippen LogP contribution in [-0.2, 0) is 6.42 Å². The molecule has 18 heavy (non-hydrogen) atoms. The molecule has 2 aliphatic rings. The maximum atomic E-state index is 12.1. The number of aryl methyl sites for hydroxylation is 1. The molecule has 0 unspecified atom stereocenters. The van der Waals surface area contributed by atoms with E-state index in [1.54, 1.807) is 7.11 Å². The van der Waals surface area contributed by atoms with Gasteiger partial charge in [0.1, 0.15) is 5.75 Å².